The third kappa shape index (κ3) is 2.38. The van der Waals surface area contributed by atoms with E-state index >= 15 is 0 Å². The van der Waals surface area contributed by atoms with Crippen molar-refractivity contribution < 1.29 is 13.2 Å². The maximum atomic E-state index is 12.5. The molecule has 1 aromatic carbocycles. The zero-order valence-electron chi connectivity index (χ0n) is 8.80. The van der Waals surface area contributed by atoms with Crippen molar-refractivity contribution in [3.05, 3.63) is 35.4 Å². The summed E-state index contributed by atoms with van der Waals surface area (Å²) in [6.45, 7) is 0. The summed E-state index contributed by atoms with van der Waals surface area (Å²) in [6.07, 6.45) is -1.67. The average Bonchev–Trinajstić information content (AvgIpc) is 2.64. The minimum Gasteiger partial charge on any atom is -0.328 e. The number of hydrogen-bond donors (Lipinski definition) is 1. The zero-order valence-corrected chi connectivity index (χ0v) is 8.80. The maximum Gasteiger partial charge on any atom is 0.416 e. The molecule has 88 valence electrons. The van der Waals surface area contributed by atoms with Gasteiger partial charge >= 0.3 is 6.18 Å². The van der Waals surface area contributed by atoms with Crippen molar-refractivity contribution >= 4 is 0 Å². The predicted molar refractivity (Wildman–Crippen MR) is 56.0 cm³/mol. The van der Waals surface area contributed by atoms with Crippen LogP contribution in [0, 0.1) is 0 Å². The van der Waals surface area contributed by atoms with E-state index in [-0.39, 0.29) is 12.0 Å². The monoisotopic (exact) mass is 229 g/mol. The summed E-state index contributed by atoms with van der Waals surface area (Å²) in [7, 11) is 0. The van der Waals surface area contributed by atoms with E-state index < -0.39 is 11.7 Å². The molecule has 0 aliphatic heterocycles. The smallest absolute Gasteiger partial charge is 0.328 e. The van der Waals surface area contributed by atoms with Crippen LogP contribution in [0.2, 0.25) is 0 Å². The molecule has 0 aromatic heterocycles. The Hall–Kier alpha value is -1.03. The molecule has 1 nitrogen and oxygen atoms in total. The predicted octanol–water partition coefficient (Wildman–Crippen LogP) is 3.30. The SMILES string of the molecule is NC1CCC(c2cccc(C(F)(F)F)c2)C1. The first kappa shape index (κ1) is 11.5. The van der Waals surface area contributed by atoms with E-state index in [0.29, 0.717) is 0 Å². The van der Waals surface area contributed by atoms with Gasteiger partial charge in [0.2, 0.25) is 0 Å². The lowest BCUT2D eigenvalue weighted by Gasteiger charge is -2.13. The van der Waals surface area contributed by atoms with Gasteiger partial charge in [-0.05, 0) is 36.8 Å². The van der Waals surface area contributed by atoms with Crippen molar-refractivity contribution in [3.8, 4) is 0 Å². The minimum atomic E-state index is -4.25. The van der Waals surface area contributed by atoms with Crippen molar-refractivity contribution in [1.82, 2.24) is 0 Å². The summed E-state index contributed by atoms with van der Waals surface area (Å²) in [4.78, 5) is 0. The van der Waals surface area contributed by atoms with Gasteiger partial charge in [0, 0.05) is 6.04 Å². The summed E-state index contributed by atoms with van der Waals surface area (Å²) in [5.41, 5.74) is 5.97. The Morgan fingerprint density at radius 1 is 1.19 bits per heavy atom. The molecule has 16 heavy (non-hydrogen) atoms. The first-order valence-corrected chi connectivity index (χ1v) is 5.39. The molecule has 2 atom stereocenters. The third-order valence-electron chi connectivity index (χ3n) is 3.16. The molecular formula is C12H14F3N. The van der Waals surface area contributed by atoms with E-state index in [9.17, 15) is 13.2 Å². The Labute approximate surface area is 92.5 Å². The fraction of sp³-hybridized carbons (Fsp3) is 0.500. The molecule has 2 N–H and O–H groups in total. The van der Waals surface area contributed by atoms with Crippen molar-refractivity contribution in [2.45, 2.75) is 37.4 Å². The molecule has 0 radical (unpaired) electrons. The van der Waals surface area contributed by atoms with Gasteiger partial charge in [0.15, 0.2) is 0 Å². The quantitative estimate of drug-likeness (QED) is 0.785. The van der Waals surface area contributed by atoms with Crippen LogP contribution < -0.4 is 5.73 Å². The lowest BCUT2D eigenvalue weighted by molar-refractivity contribution is -0.137. The summed E-state index contributed by atoms with van der Waals surface area (Å²) in [5, 5.41) is 0. The summed E-state index contributed by atoms with van der Waals surface area (Å²) >= 11 is 0. The second-order valence-electron chi connectivity index (χ2n) is 4.39. The summed E-state index contributed by atoms with van der Waals surface area (Å²) in [6, 6.07) is 5.74. The van der Waals surface area contributed by atoms with Crippen molar-refractivity contribution in [1.29, 1.82) is 0 Å². The average molecular weight is 229 g/mol. The maximum absolute atomic E-state index is 12.5. The highest BCUT2D eigenvalue weighted by molar-refractivity contribution is 5.29. The first-order valence-electron chi connectivity index (χ1n) is 5.39. The molecule has 2 rings (SSSR count). The Morgan fingerprint density at radius 2 is 1.94 bits per heavy atom. The lowest BCUT2D eigenvalue weighted by atomic mass is 9.95. The molecule has 1 aromatic rings. The Balaban J connectivity index is 2.23. The molecule has 0 saturated heterocycles. The molecule has 1 saturated carbocycles. The minimum absolute atomic E-state index is 0.138. The molecule has 2 unspecified atom stereocenters. The van der Waals surface area contributed by atoms with Gasteiger partial charge < -0.3 is 5.73 Å². The topological polar surface area (TPSA) is 26.0 Å². The summed E-state index contributed by atoms with van der Waals surface area (Å²) in [5.74, 6) is 0.192. The highest BCUT2D eigenvalue weighted by Gasteiger charge is 2.31. The van der Waals surface area contributed by atoms with Crippen LogP contribution in [0.4, 0.5) is 13.2 Å². The van der Waals surface area contributed by atoms with Crippen LogP contribution in [-0.4, -0.2) is 6.04 Å². The second kappa shape index (κ2) is 4.09. The Kier molecular flexibility index (Phi) is 2.93. The molecule has 0 amide bonds. The lowest BCUT2D eigenvalue weighted by Crippen LogP contribution is -2.14. The number of benzene rings is 1. The van der Waals surface area contributed by atoms with Crippen LogP contribution in [0.1, 0.15) is 36.3 Å². The third-order valence-corrected chi connectivity index (χ3v) is 3.16. The fourth-order valence-corrected chi connectivity index (χ4v) is 2.29. The number of hydrogen-bond acceptors (Lipinski definition) is 1. The second-order valence-corrected chi connectivity index (χ2v) is 4.39. The Morgan fingerprint density at radius 3 is 2.50 bits per heavy atom. The van der Waals surface area contributed by atoms with E-state index in [1.165, 1.54) is 12.1 Å². The molecule has 0 heterocycles. The molecule has 1 aliphatic carbocycles. The van der Waals surface area contributed by atoms with Gasteiger partial charge in [0.05, 0.1) is 5.56 Å². The van der Waals surface area contributed by atoms with Crippen LogP contribution in [0.25, 0.3) is 0 Å². The number of nitrogens with two attached hydrogens (primary N) is 1. The van der Waals surface area contributed by atoms with E-state index in [2.05, 4.69) is 0 Å². The molecule has 0 spiro atoms. The van der Waals surface area contributed by atoms with Crippen LogP contribution in [0.15, 0.2) is 24.3 Å². The van der Waals surface area contributed by atoms with Gasteiger partial charge in [-0.2, -0.15) is 13.2 Å². The van der Waals surface area contributed by atoms with Gasteiger partial charge in [0.25, 0.3) is 0 Å². The van der Waals surface area contributed by atoms with Crippen LogP contribution in [0.3, 0.4) is 0 Å². The number of halogens is 3. The fourth-order valence-electron chi connectivity index (χ4n) is 2.29. The number of rotatable bonds is 1. The van der Waals surface area contributed by atoms with E-state index in [0.717, 1.165) is 30.9 Å². The van der Waals surface area contributed by atoms with Gasteiger partial charge in [-0.25, -0.2) is 0 Å². The van der Waals surface area contributed by atoms with Crippen molar-refractivity contribution in [2.24, 2.45) is 5.73 Å². The van der Waals surface area contributed by atoms with Crippen LogP contribution >= 0.6 is 0 Å². The zero-order chi connectivity index (χ0) is 11.8. The van der Waals surface area contributed by atoms with E-state index in [1.807, 2.05) is 0 Å². The van der Waals surface area contributed by atoms with Gasteiger partial charge in [0.1, 0.15) is 0 Å². The molecule has 1 aliphatic rings. The molecular weight excluding hydrogens is 215 g/mol. The molecule has 0 bridgehead atoms. The van der Waals surface area contributed by atoms with Crippen molar-refractivity contribution in [3.63, 3.8) is 0 Å². The van der Waals surface area contributed by atoms with Gasteiger partial charge in [-0.1, -0.05) is 18.2 Å². The van der Waals surface area contributed by atoms with Crippen molar-refractivity contribution in [2.75, 3.05) is 0 Å². The van der Waals surface area contributed by atoms with Crippen LogP contribution in [0.5, 0.6) is 0 Å². The van der Waals surface area contributed by atoms with Crippen LogP contribution in [-0.2, 0) is 6.18 Å². The highest BCUT2D eigenvalue weighted by atomic mass is 19.4. The Bertz CT molecular complexity index is 373. The summed E-state index contributed by atoms with van der Waals surface area (Å²) < 4.78 is 37.5. The van der Waals surface area contributed by atoms with E-state index in [4.69, 9.17) is 5.73 Å². The highest BCUT2D eigenvalue weighted by Crippen LogP contribution is 2.36. The molecule has 1 fully saturated rings. The molecule has 4 heteroatoms. The first-order chi connectivity index (χ1) is 7.47. The van der Waals surface area contributed by atoms with E-state index in [1.54, 1.807) is 6.07 Å². The van der Waals surface area contributed by atoms with Gasteiger partial charge in [-0.3, -0.25) is 0 Å². The van der Waals surface area contributed by atoms with Gasteiger partial charge in [-0.15, -0.1) is 0 Å². The number of alkyl halides is 3. The standard InChI is InChI=1S/C12H14F3N/c13-12(14,15)10-3-1-2-8(6-10)9-4-5-11(16)7-9/h1-3,6,9,11H,4-5,7,16H2. The normalized spacial score (nSPS) is 26.0. The largest absolute Gasteiger partial charge is 0.416 e.